The van der Waals surface area contributed by atoms with Crippen molar-refractivity contribution in [3.8, 4) is 0 Å². The molecule has 1 aromatic heterocycles. The molecule has 1 saturated heterocycles. The molecule has 2 amide bonds. The molecular weight excluding hydrogens is 278 g/mol. The molecule has 0 aromatic carbocycles. The van der Waals surface area contributed by atoms with Crippen LogP contribution in [0.3, 0.4) is 0 Å². The lowest BCUT2D eigenvalue weighted by Crippen LogP contribution is -2.54. The lowest BCUT2D eigenvalue weighted by atomic mass is 10.1. The van der Waals surface area contributed by atoms with Crippen molar-refractivity contribution < 1.29 is 19.4 Å². The lowest BCUT2D eigenvalue weighted by molar-refractivity contribution is 0.0689. The van der Waals surface area contributed by atoms with Gasteiger partial charge in [0.15, 0.2) is 5.69 Å². The number of carboxylic acid groups (broad SMARTS) is 1. The van der Waals surface area contributed by atoms with Crippen molar-refractivity contribution in [3.05, 3.63) is 11.9 Å². The third kappa shape index (κ3) is 3.48. The first-order chi connectivity index (χ1) is 10.0. The van der Waals surface area contributed by atoms with Crippen LogP contribution in [0.4, 0.5) is 4.79 Å². The summed E-state index contributed by atoms with van der Waals surface area (Å²) in [4.78, 5) is 26.2. The molecule has 0 unspecified atom stereocenters. The Morgan fingerprint density at radius 1 is 1.52 bits per heavy atom. The van der Waals surface area contributed by atoms with E-state index in [1.807, 2.05) is 0 Å². The number of amides is 2. The SMILES string of the molecule is COCCCN(C)C(=O)N1CC(n2cc(C(=O)O)nn2)C1. The Hall–Kier alpha value is -2.16. The van der Waals surface area contributed by atoms with Gasteiger partial charge < -0.3 is 19.6 Å². The molecule has 0 aliphatic carbocycles. The number of urea groups is 1. The third-order valence-corrected chi connectivity index (χ3v) is 3.40. The maximum atomic E-state index is 12.1. The maximum Gasteiger partial charge on any atom is 0.358 e. The van der Waals surface area contributed by atoms with Crippen molar-refractivity contribution in [2.45, 2.75) is 12.5 Å². The van der Waals surface area contributed by atoms with E-state index in [0.717, 1.165) is 6.42 Å². The van der Waals surface area contributed by atoms with Gasteiger partial charge in [0.2, 0.25) is 0 Å². The van der Waals surface area contributed by atoms with Gasteiger partial charge in [0.05, 0.1) is 12.2 Å². The summed E-state index contributed by atoms with van der Waals surface area (Å²) in [7, 11) is 3.38. The number of aromatic nitrogens is 3. The fraction of sp³-hybridized carbons (Fsp3) is 0.667. The van der Waals surface area contributed by atoms with Gasteiger partial charge >= 0.3 is 12.0 Å². The fourth-order valence-electron chi connectivity index (χ4n) is 2.12. The van der Waals surface area contributed by atoms with Crippen LogP contribution in [0.25, 0.3) is 0 Å². The molecule has 2 heterocycles. The smallest absolute Gasteiger partial charge is 0.358 e. The fourth-order valence-corrected chi connectivity index (χ4v) is 2.12. The first kappa shape index (κ1) is 15.2. The van der Waals surface area contributed by atoms with Crippen molar-refractivity contribution in [1.29, 1.82) is 0 Å². The minimum absolute atomic E-state index is 0.0121. The summed E-state index contributed by atoms with van der Waals surface area (Å²) in [5.74, 6) is -1.11. The van der Waals surface area contributed by atoms with Crippen LogP contribution in [0.1, 0.15) is 23.0 Å². The number of carbonyl (C=O) groups is 2. The Balaban J connectivity index is 1.79. The minimum Gasteiger partial charge on any atom is -0.476 e. The van der Waals surface area contributed by atoms with Crippen LogP contribution in [0.2, 0.25) is 0 Å². The Kier molecular flexibility index (Phi) is 4.73. The summed E-state index contributed by atoms with van der Waals surface area (Å²) in [5.41, 5.74) is -0.0866. The van der Waals surface area contributed by atoms with Gasteiger partial charge in [-0.05, 0) is 6.42 Å². The molecule has 116 valence electrons. The summed E-state index contributed by atoms with van der Waals surface area (Å²) in [6, 6.07) is -0.0529. The highest BCUT2D eigenvalue weighted by Gasteiger charge is 2.34. The van der Waals surface area contributed by atoms with Crippen LogP contribution >= 0.6 is 0 Å². The zero-order chi connectivity index (χ0) is 15.4. The molecule has 0 atom stereocenters. The summed E-state index contributed by atoms with van der Waals surface area (Å²) < 4.78 is 6.45. The van der Waals surface area contributed by atoms with E-state index in [0.29, 0.717) is 26.2 Å². The summed E-state index contributed by atoms with van der Waals surface area (Å²) in [5, 5.41) is 16.1. The molecule has 0 spiro atoms. The van der Waals surface area contributed by atoms with Crippen molar-refractivity contribution in [2.75, 3.05) is 40.4 Å². The van der Waals surface area contributed by atoms with E-state index < -0.39 is 5.97 Å². The molecule has 0 bridgehead atoms. The first-order valence-corrected chi connectivity index (χ1v) is 6.67. The second kappa shape index (κ2) is 6.53. The number of rotatable bonds is 6. The molecule has 21 heavy (non-hydrogen) atoms. The quantitative estimate of drug-likeness (QED) is 0.737. The average molecular weight is 297 g/mol. The number of carboxylic acids is 1. The van der Waals surface area contributed by atoms with Crippen LogP contribution < -0.4 is 0 Å². The number of ether oxygens (including phenoxy) is 1. The average Bonchev–Trinajstić information content (AvgIpc) is 2.86. The highest BCUT2D eigenvalue weighted by Crippen LogP contribution is 2.21. The molecule has 1 aromatic rings. The number of methoxy groups -OCH3 is 1. The molecule has 9 nitrogen and oxygen atoms in total. The van der Waals surface area contributed by atoms with Crippen LogP contribution in [0.5, 0.6) is 0 Å². The highest BCUT2D eigenvalue weighted by atomic mass is 16.5. The number of likely N-dealkylation sites (tertiary alicyclic amines) is 1. The highest BCUT2D eigenvalue weighted by molar-refractivity contribution is 5.84. The Bertz CT molecular complexity index is 512. The van der Waals surface area contributed by atoms with E-state index in [-0.39, 0.29) is 17.8 Å². The zero-order valence-electron chi connectivity index (χ0n) is 12.1. The van der Waals surface area contributed by atoms with Crippen LogP contribution in [-0.2, 0) is 4.74 Å². The van der Waals surface area contributed by atoms with Crippen LogP contribution in [-0.4, -0.2) is 82.3 Å². The number of aromatic carboxylic acids is 1. The number of hydrogen-bond donors (Lipinski definition) is 1. The molecule has 0 saturated carbocycles. The van der Waals surface area contributed by atoms with E-state index in [1.165, 1.54) is 10.9 Å². The Labute approximate surface area is 122 Å². The minimum atomic E-state index is -1.11. The first-order valence-electron chi connectivity index (χ1n) is 6.67. The van der Waals surface area contributed by atoms with Gasteiger partial charge in [-0.1, -0.05) is 5.21 Å². The van der Waals surface area contributed by atoms with Gasteiger partial charge in [0.25, 0.3) is 0 Å². The topological polar surface area (TPSA) is 101 Å². The third-order valence-electron chi connectivity index (χ3n) is 3.40. The van der Waals surface area contributed by atoms with Crippen molar-refractivity contribution in [2.24, 2.45) is 0 Å². The van der Waals surface area contributed by atoms with E-state index in [1.54, 1.807) is 24.0 Å². The Morgan fingerprint density at radius 3 is 2.81 bits per heavy atom. The van der Waals surface area contributed by atoms with Gasteiger partial charge in [0, 0.05) is 40.4 Å². The molecule has 2 rings (SSSR count). The van der Waals surface area contributed by atoms with Gasteiger partial charge in [-0.3, -0.25) is 0 Å². The molecular formula is C12H19N5O4. The Morgan fingerprint density at radius 2 is 2.24 bits per heavy atom. The van der Waals surface area contributed by atoms with Crippen LogP contribution in [0.15, 0.2) is 6.20 Å². The van der Waals surface area contributed by atoms with Gasteiger partial charge in [-0.15, -0.1) is 5.10 Å². The molecule has 9 heteroatoms. The normalized spacial score (nSPS) is 14.9. The second-order valence-corrected chi connectivity index (χ2v) is 5.00. The number of carbonyl (C=O) groups excluding carboxylic acids is 1. The predicted molar refractivity (Wildman–Crippen MR) is 72.1 cm³/mol. The van der Waals surface area contributed by atoms with Crippen molar-refractivity contribution >= 4 is 12.0 Å². The van der Waals surface area contributed by atoms with Crippen molar-refractivity contribution in [1.82, 2.24) is 24.8 Å². The van der Waals surface area contributed by atoms with Gasteiger partial charge in [-0.25, -0.2) is 14.3 Å². The predicted octanol–water partition coefficient (Wildman–Crippen LogP) is -0.0787. The number of hydrogen-bond acceptors (Lipinski definition) is 5. The molecule has 1 aliphatic rings. The van der Waals surface area contributed by atoms with Crippen LogP contribution in [0, 0.1) is 0 Å². The van der Waals surface area contributed by atoms with E-state index in [9.17, 15) is 9.59 Å². The molecule has 0 radical (unpaired) electrons. The monoisotopic (exact) mass is 297 g/mol. The van der Waals surface area contributed by atoms with E-state index in [2.05, 4.69) is 10.3 Å². The van der Waals surface area contributed by atoms with E-state index in [4.69, 9.17) is 9.84 Å². The summed E-state index contributed by atoms with van der Waals surface area (Å²) in [6.07, 6.45) is 2.18. The molecule has 1 N–H and O–H groups in total. The molecule has 1 aliphatic heterocycles. The largest absolute Gasteiger partial charge is 0.476 e. The zero-order valence-corrected chi connectivity index (χ0v) is 12.1. The maximum absolute atomic E-state index is 12.1. The summed E-state index contributed by atoms with van der Waals surface area (Å²) in [6.45, 7) is 2.28. The van der Waals surface area contributed by atoms with Crippen molar-refractivity contribution in [3.63, 3.8) is 0 Å². The van der Waals surface area contributed by atoms with Gasteiger partial charge in [0.1, 0.15) is 0 Å². The molecule has 1 fully saturated rings. The lowest BCUT2D eigenvalue weighted by Gasteiger charge is -2.40. The number of nitrogens with zero attached hydrogens (tertiary/aromatic N) is 5. The summed E-state index contributed by atoms with van der Waals surface area (Å²) >= 11 is 0. The van der Waals surface area contributed by atoms with E-state index >= 15 is 0 Å². The standard InChI is InChI=1S/C12H19N5O4/c1-15(4-3-5-21-2)12(20)16-6-9(7-16)17-8-10(11(18)19)13-14-17/h8-9H,3-7H2,1-2H3,(H,18,19). The second-order valence-electron chi connectivity index (χ2n) is 5.00. The van der Waals surface area contributed by atoms with Gasteiger partial charge in [-0.2, -0.15) is 0 Å².